The van der Waals surface area contributed by atoms with E-state index in [1.165, 1.54) is 0 Å². The van der Waals surface area contributed by atoms with Crippen molar-refractivity contribution in [3.05, 3.63) is 0 Å². The molecule has 1 atom stereocenters. The lowest BCUT2D eigenvalue weighted by Crippen LogP contribution is -1.97. The van der Waals surface area contributed by atoms with E-state index in [4.69, 9.17) is 5.11 Å². The summed E-state index contributed by atoms with van der Waals surface area (Å²) in [6.07, 6.45) is 3.42. The molecule has 0 spiro atoms. The summed E-state index contributed by atoms with van der Waals surface area (Å²) in [5, 5.41) is 8.27. The fourth-order valence-electron chi connectivity index (χ4n) is 0.811. The summed E-state index contributed by atoms with van der Waals surface area (Å²) in [5.41, 5.74) is 0. The third kappa shape index (κ3) is 7.03. The van der Waals surface area contributed by atoms with E-state index in [1.807, 2.05) is 6.92 Å². The van der Waals surface area contributed by atoms with Crippen LogP contribution in [0.5, 0.6) is 0 Å². The Balaban J connectivity index is 3.14. The monoisotopic (exact) mass is 158 g/mol. The third-order valence-electron chi connectivity index (χ3n) is 1.53. The molecule has 11 heavy (non-hydrogen) atoms. The minimum atomic E-state index is -0.760. The van der Waals surface area contributed by atoms with Crippen LogP contribution >= 0.6 is 0 Å². The van der Waals surface area contributed by atoms with Crippen LogP contribution in [-0.2, 0) is 9.59 Å². The number of carbonyl (C=O) groups is 2. The molecule has 64 valence electrons. The molecule has 0 amide bonds. The first-order chi connectivity index (χ1) is 5.16. The van der Waals surface area contributed by atoms with Crippen molar-refractivity contribution in [1.82, 2.24) is 0 Å². The number of aliphatic carboxylic acids is 1. The van der Waals surface area contributed by atoms with Gasteiger partial charge in [0.1, 0.15) is 6.29 Å². The molecule has 0 heterocycles. The number of aldehydes is 1. The van der Waals surface area contributed by atoms with Crippen molar-refractivity contribution in [2.24, 2.45) is 5.92 Å². The van der Waals surface area contributed by atoms with E-state index in [-0.39, 0.29) is 12.3 Å². The van der Waals surface area contributed by atoms with Gasteiger partial charge in [0.25, 0.3) is 0 Å². The predicted molar refractivity (Wildman–Crippen MR) is 41.3 cm³/mol. The Labute approximate surface area is 66.4 Å². The Kier molecular flexibility index (Phi) is 5.43. The largest absolute Gasteiger partial charge is 0.481 e. The lowest BCUT2D eigenvalue weighted by atomic mass is 10.1. The van der Waals surface area contributed by atoms with Crippen molar-refractivity contribution in [1.29, 1.82) is 0 Å². The van der Waals surface area contributed by atoms with E-state index in [0.717, 1.165) is 19.1 Å². The Bertz CT molecular complexity index is 131. The molecule has 0 rings (SSSR count). The minimum absolute atomic E-state index is 0.0730. The molecule has 0 fully saturated rings. The summed E-state index contributed by atoms with van der Waals surface area (Å²) < 4.78 is 0. The van der Waals surface area contributed by atoms with Gasteiger partial charge in [0, 0.05) is 12.3 Å². The lowest BCUT2D eigenvalue weighted by Gasteiger charge is -2.00. The van der Waals surface area contributed by atoms with Gasteiger partial charge in [0.05, 0.1) is 0 Å². The highest BCUT2D eigenvalue weighted by atomic mass is 16.4. The van der Waals surface area contributed by atoms with Crippen LogP contribution in [0.2, 0.25) is 0 Å². The number of hydrogen-bond acceptors (Lipinski definition) is 2. The molecule has 0 aliphatic rings. The van der Waals surface area contributed by atoms with Gasteiger partial charge in [0.15, 0.2) is 0 Å². The molecule has 3 nitrogen and oxygen atoms in total. The molecular weight excluding hydrogens is 144 g/mol. The zero-order valence-electron chi connectivity index (χ0n) is 6.75. The molecule has 0 saturated heterocycles. The summed E-state index contributed by atoms with van der Waals surface area (Å²) in [4.78, 5) is 20.2. The van der Waals surface area contributed by atoms with E-state index in [1.54, 1.807) is 0 Å². The van der Waals surface area contributed by atoms with Crippen LogP contribution < -0.4 is 0 Å². The normalized spacial score (nSPS) is 12.5. The van der Waals surface area contributed by atoms with Gasteiger partial charge in [-0.3, -0.25) is 4.79 Å². The highest BCUT2D eigenvalue weighted by Gasteiger charge is 2.00. The van der Waals surface area contributed by atoms with E-state index < -0.39 is 5.97 Å². The third-order valence-corrected chi connectivity index (χ3v) is 1.53. The van der Waals surface area contributed by atoms with Crippen LogP contribution in [0.25, 0.3) is 0 Å². The van der Waals surface area contributed by atoms with Gasteiger partial charge >= 0.3 is 5.97 Å². The number of hydrogen-bond donors (Lipinski definition) is 1. The van der Waals surface area contributed by atoms with Crippen molar-refractivity contribution in [2.75, 3.05) is 0 Å². The fraction of sp³-hybridized carbons (Fsp3) is 0.750. The molecule has 1 N–H and O–H groups in total. The fourth-order valence-corrected chi connectivity index (χ4v) is 0.811. The quantitative estimate of drug-likeness (QED) is 0.470. The van der Waals surface area contributed by atoms with E-state index in [9.17, 15) is 9.59 Å². The number of carboxylic acids is 1. The molecule has 0 aromatic rings. The second kappa shape index (κ2) is 5.89. The van der Waals surface area contributed by atoms with Gasteiger partial charge in [0.2, 0.25) is 0 Å². The van der Waals surface area contributed by atoms with Crippen molar-refractivity contribution >= 4 is 12.3 Å². The van der Waals surface area contributed by atoms with Crippen LogP contribution in [0.3, 0.4) is 0 Å². The maximum Gasteiger partial charge on any atom is 0.303 e. The molecule has 3 heteroatoms. The molecule has 0 aliphatic carbocycles. The first-order valence-electron chi connectivity index (χ1n) is 3.84. The van der Waals surface area contributed by atoms with Gasteiger partial charge in [-0.1, -0.05) is 13.3 Å². The molecule has 0 aliphatic heterocycles. The number of carboxylic acid groups (broad SMARTS) is 1. The van der Waals surface area contributed by atoms with Gasteiger partial charge in [-0.05, 0) is 12.8 Å². The summed E-state index contributed by atoms with van der Waals surface area (Å²) in [5.74, 6) is -0.687. The highest BCUT2D eigenvalue weighted by Crippen LogP contribution is 2.06. The second-order valence-electron chi connectivity index (χ2n) is 2.75. The second-order valence-corrected chi connectivity index (χ2v) is 2.75. The van der Waals surface area contributed by atoms with Gasteiger partial charge < -0.3 is 9.90 Å². The first kappa shape index (κ1) is 10.1. The van der Waals surface area contributed by atoms with Gasteiger partial charge in [-0.25, -0.2) is 0 Å². The zero-order valence-corrected chi connectivity index (χ0v) is 6.75. The summed E-state index contributed by atoms with van der Waals surface area (Å²) in [6.45, 7) is 1.84. The summed E-state index contributed by atoms with van der Waals surface area (Å²) in [6, 6.07) is 0. The zero-order chi connectivity index (χ0) is 8.69. The SMILES string of the molecule is C[C@@H](C=O)CCCCC(=O)O. The van der Waals surface area contributed by atoms with Gasteiger partial charge in [-0.2, -0.15) is 0 Å². The Hall–Kier alpha value is -0.860. The van der Waals surface area contributed by atoms with Gasteiger partial charge in [-0.15, -0.1) is 0 Å². The highest BCUT2D eigenvalue weighted by molar-refractivity contribution is 5.66. The van der Waals surface area contributed by atoms with Crippen molar-refractivity contribution in [3.63, 3.8) is 0 Å². The molecule has 0 saturated carbocycles. The van der Waals surface area contributed by atoms with Crippen LogP contribution in [0.15, 0.2) is 0 Å². The molecule has 0 radical (unpaired) electrons. The van der Waals surface area contributed by atoms with E-state index >= 15 is 0 Å². The standard InChI is InChI=1S/C8H14O3/c1-7(6-9)4-2-3-5-8(10)11/h6-7H,2-5H2,1H3,(H,10,11)/t7-/m1/s1. The molecule has 0 aromatic carbocycles. The first-order valence-corrected chi connectivity index (χ1v) is 3.84. The van der Waals surface area contributed by atoms with Crippen LogP contribution in [0.1, 0.15) is 32.6 Å². The maximum absolute atomic E-state index is 10.1. The van der Waals surface area contributed by atoms with Crippen molar-refractivity contribution < 1.29 is 14.7 Å². The lowest BCUT2D eigenvalue weighted by molar-refractivity contribution is -0.137. The molecular formula is C8H14O3. The number of unbranched alkanes of at least 4 members (excludes halogenated alkanes) is 1. The average molecular weight is 158 g/mol. The summed E-state index contributed by atoms with van der Waals surface area (Å²) >= 11 is 0. The number of rotatable bonds is 6. The van der Waals surface area contributed by atoms with E-state index in [2.05, 4.69) is 0 Å². The predicted octanol–water partition coefficient (Wildman–Crippen LogP) is 1.47. The van der Waals surface area contributed by atoms with Crippen molar-refractivity contribution in [3.8, 4) is 0 Å². The van der Waals surface area contributed by atoms with Crippen LogP contribution in [0.4, 0.5) is 0 Å². The molecule has 0 aromatic heterocycles. The smallest absolute Gasteiger partial charge is 0.303 e. The Morgan fingerprint density at radius 1 is 1.55 bits per heavy atom. The van der Waals surface area contributed by atoms with Crippen LogP contribution in [-0.4, -0.2) is 17.4 Å². The topological polar surface area (TPSA) is 54.4 Å². The number of carbonyl (C=O) groups excluding carboxylic acids is 1. The maximum atomic E-state index is 10.1. The molecule has 0 unspecified atom stereocenters. The Morgan fingerprint density at radius 2 is 2.18 bits per heavy atom. The van der Waals surface area contributed by atoms with Crippen molar-refractivity contribution in [2.45, 2.75) is 32.6 Å². The van der Waals surface area contributed by atoms with Crippen LogP contribution in [0, 0.1) is 5.92 Å². The molecule has 0 bridgehead atoms. The minimum Gasteiger partial charge on any atom is -0.481 e. The van der Waals surface area contributed by atoms with E-state index in [0.29, 0.717) is 6.42 Å². The average Bonchev–Trinajstić information content (AvgIpc) is 1.97. The Morgan fingerprint density at radius 3 is 2.64 bits per heavy atom. The summed E-state index contributed by atoms with van der Waals surface area (Å²) in [7, 11) is 0.